The summed E-state index contributed by atoms with van der Waals surface area (Å²) in [7, 11) is 0. The number of hydrogen-bond acceptors (Lipinski definition) is 2. The van der Waals surface area contributed by atoms with E-state index in [2.05, 4.69) is 10.1 Å². The minimum Gasteiger partial charge on any atom is -0.434 e. The van der Waals surface area contributed by atoms with Crippen LogP contribution in [-0.2, 0) is 0 Å². The molecule has 0 amide bonds. The maximum Gasteiger partial charge on any atom is 0.389 e. The van der Waals surface area contributed by atoms with E-state index < -0.39 is 25.3 Å². The van der Waals surface area contributed by atoms with E-state index in [1.807, 2.05) is 6.92 Å². The van der Waals surface area contributed by atoms with E-state index in [9.17, 15) is 22.0 Å². The first-order valence-electron chi connectivity index (χ1n) is 6.67. The molecule has 120 valence electrons. The average molecular weight is 311 g/mol. The third-order valence-electron chi connectivity index (χ3n) is 2.87. The number of nitrogens with one attached hydrogen (secondary N) is 1. The van der Waals surface area contributed by atoms with Crippen molar-refractivity contribution in [3.8, 4) is 5.75 Å². The van der Waals surface area contributed by atoms with Crippen LogP contribution < -0.4 is 10.1 Å². The second-order valence-electron chi connectivity index (χ2n) is 4.58. The minimum absolute atomic E-state index is 0.0942. The Morgan fingerprint density at radius 3 is 2.43 bits per heavy atom. The molecule has 0 aromatic heterocycles. The van der Waals surface area contributed by atoms with Crippen LogP contribution in [0.2, 0.25) is 0 Å². The van der Waals surface area contributed by atoms with Gasteiger partial charge in [-0.25, -0.2) is 0 Å². The van der Waals surface area contributed by atoms with E-state index in [1.165, 1.54) is 18.2 Å². The van der Waals surface area contributed by atoms with Crippen LogP contribution in [0.1, 0.15) is 37.8 Å². The molecule has 2 nitrogen and oxygen atoms in total. The summed E-state index contributed by atoms with van der Waals surface area (Å²) in [6.07, 6.45) is -4.78. The van der Waals surface area contributed by atoms with Crippen LogP contribution in [0.15, 0.2) is 24.3 Å². The van der Waals surface area contributed by atoms with E-state index in [1.54, 1.807) is 6.07 Å². The summed E-state index contributed by atoms with van der Waals surface area (Å²) in [5.41, 5.74) is 0.315. The highest BCUT2D eigenvalue weighted by Crippen LogP contribution is 2.32. The fourth-order valence-electron chi connectivity index (χ4n) is 1.97. The summed E-state index contributed by atoms with van der Waals surface area (Å²) >= 11 is 0. The van der Waals surface area contributed by atoms with Gasteiger partial charge in [-0.05, 0) is 25.5 Å². The Kier molecular flexibility index (Phi) is 6.87. The van der Waals surface area contributed by atoms with Crippen LogP contribution >= 0.6 is 0 Å². The molecule has 0 spiro atoms. The van der Waals surface area contributed by atoms with E-state index in [0.29, 0.717) is 12.1 Å². The van der Waals surface area contributed by atoms with Gasteiger partial charge in [0.15, 0.2) is 0 Å². The molecule has 7 heteroatoms. The zero-order chi connectivity index (χ0) is 15.9. The van der Waals surface area contributed by atoms with Crippen molar-refractivity contribution >= 4 is 0 Å². The molecular formula is C14H18F5NO. The van der Waals surface area contributed by atoms with Gasteiger partial charge in [-0.1, -0.05) is 25.1 Å². The van der Waals surface area contributed by atoms with E-state index in [0.717, 1.165) is 6.42 Å². The first-order valence-corrected chi connectivity index (χ1v) is 6.67. The number of hydrogen-bond donors (Lipinski definition) is 1. The molecule has 0 saturated carbocycles. The van der Waals surface area contributed by atoms with Crippen molar-refractivity contribution in [3.05, 3.63) is 29.8 Å². The van der Waals surface area contributed by atoms with Gasteiger partial charge in [0.25, 0.3) is 0 Å². The summed E-state index contributed by atoms with van der Waals surface area (Å²) in [5, 5.41) is 2.95. The second-order valence-corrected chi connectivity index (χ2v) is 4.58. The number of rotatable bonds is 8. The van der Waals surface area contributed by atoms with E-state index in [-0.39, 0.29) is 12.2 Å². The molecule has 0 fully saturated rings. The lowest BCUT2D eigenvalue weighted by Crippen LogP contribution is -2.25. The average Bonchev–Trinajstić information content (AvgIpc) is 2.38. The highest BCUT2D eigenvalue weighted by molar-refractivity contribution is 5.36. The SMILES string of the molecule is CCCNC(CCC(F)(F)F)c1ccccc1OC(F)F. The smallest absolute Gasteiger partial charge is 0.389 e. The predicted molar refractivity (Wildman–Crippen MR) is 69.4 cm³/mol. The number of ether oxygens (including phenoxy) is 1. The number of para-hydroxylation sites is 1. The van der Waals surface area contributed by atoms with Gasteiger partial charge in [0.05, 0.1) is 0 Å². The van der Waals surface area contributed by atoms with Crippen LogP contribution in [0, 0.1) is 0 Å². The lowest BCUT2D eigenvalue weighted by molar-refractivity contribution is -0.136. The van der Waals surface area contributed by atoms with Crippen molar-refractivity contribution in [2.24, 2.45) is 0 Å². The maximum absolute atomic E-state index is 12.4. The molecule has 0 aliphatic heterocycles. The Labute approximate surface area is 120 Å². The van der Waals surface area contributed by atoms with Crippen molar-refractivity contribution in [3.63, 3.8) is 0 Å². The Balaban J connectivity index is 2.90. The van der Waals surface area contributed by atoms with E-state index in [4.69, 9.17) is 0 Å². The third kappa shape index (κ3) is 6.75. The first kappa shape index (κ1) is 17.7. The molecule has 1 rings (SSSR count). The molecule has 1 aromatic rings. The van der Waals surface area contributed by atoms with Gasteiger partial charge in [-0.15, -0.1) is 0 Å². The molecule has 21 heavy (non-hydrogen) atoms. The molecule has 0 heterocycles. The highest BCUT2D eigenvalue weighted by atomic mass is 19.4. The molecule has 0 bridgehead atoms. The highest BCUT2D eigenvalue weighted by Gasteiger charge is 2.29. The molecule has 1 aromatic carbocycles. The van der Waals surface area contributed by atoms with Gasteiger partial charge in [-0.2, -0.15) is 22.0 Å². The first-order chi connectivity index (χ1) is 9.83. The minimum atomic E-state index is -4.29. The van der Waals surface area contributed by atoms with Crippen molar-refractivity contribution in [1.29, 1.82) is 0 Å². The van der Waals surface area contributed by atoms with Crippen LogP contribution in [0.5, 0.6) is 5.75 Å². The van der Waals surface area contributed by atoms with Gasteiger partial charge >= 0.3 is 12.8 Å². The third-order valence-corrected chi connectivity index (χ3v) is 2.87. The van der Waals surface area contributed by atoms with Crippen LogP contribution in [-0.4, -0.2) is 19.3 Å². The number of benzene rings is 1. The molecule has 1 atom stereocenters. The van der Waals surface area contributed by atoms with Crippen molar-refractivity contribution in [1.82, 2.24) is 5.32 Å². The topological polar surface area (TPSA) is 21.3 Å². The fourth-order valence-corrected chi connectivity index (χ4v) is 1.97. The van der Waals surface area contributed by atoms with Crippen molar-refractivity contribution in [2.45, 2.75) is 45.0 Å². The van der Waals surface area contributed by atoms with Crippen molar-refractivity contribution < 1.29 is 26.7 Å². The molecule has 1 N–H and O–H groups in total. The molecular weight excluding hydrogens is 293 g/mol. The number of halogens is 5. The normalized spacial score (nSPS) is 13.5. The summed E-state index contributed by atoms with van der Waals surface area (Å²) in [4.78, 5) is 0. The Hall–Kier alpha value is -1.37. The van der Waals surface area contributed by atoms with Crippen LogP contribution in [0.4, 0.5) is 22.0 Å². The molecule has 1 unspecified atom stereocenters. The molecule has 0 aliphatic carbocycles. The van der Waals surface area contributed by atoms with Crippen LogP contribution in [0.25, 0.3) is 0 Å². The van der Waals surface area contributed by atoms with Gasteiger partial charge in [0.2, 0.25) is 0 Å². The van der Waals surface area contributed by atoms with Gasteiger partial charge < -0.3 is 10.1 Å². The standard InChI is InChI=1S/C14H18F5NO/c1-2-9-20-11(7-8-14(17,18)19)10-5-3-4-6-12(10)21-13(15)16/h3-6,11,13,20H,2,7-9H2,1H3. The second kappa shape index (κ2) is 8.17. The quantitative estimate of drug-likeness (QED) is 0.704. The Morgan fingerprint density at radius 1 is 1.19 bits per heavy atom. The largest absolute Gasteiger partial charge is 0.434 e. The monoisotopic (exact) mass is 311 g/mol. The molecule has 0 aliphatic rings. The molecule has 0 radical (unpaired) electrons. The summed E-state index contributed by atoms with van der Waals surface area (Å²) < 4.78 is 66.3. The maximum atomic E-state index is 12.4. The Bertz CT molecular complexity index is 422. The predicted octanol–water partition coefficient (Wildman–Crippen LogP) is 4.67. The van der Waals surface area contributed by atoms with Crippen molar-refractivity contribution in [2.75, 3.05) is 6.54 Å². The zero-order valence-electron chi connectivity index (χ0n) is 11.6. The van der Waals surface area contributed by atoms with E-state index >= 15 is 0 Å². The zero-order valence-corrected chi connectivity index (χ0v) is 11.6. The molecule has 0 saturated heterocycles. The summed E-state index contributed by atoms with van der Waals surface area (Å²) in [6.45, 7) is -0.651. The summed E-state index contributed by atoms with van der Waals surface area (Å²) in [5.74, 6) is -0.0942. The lowest BCUT2D eigenvalue weighted by Gasteiger charge is -2.22. The fraction of sp³-hybridized carbons (Fsp3) is 0.571. The summed E-state index contributed by atoms with van der Waals surface area (Å²) in [6, 6.07) is 5.24. The van der Waals surface area contributed by atoms with Crippen LogP contribution in [0.3, 0.4) is 0 Å². The Morgan fingerprint density at radius 2 is 1.86 bits per heavy atom. The van der Waals surface area contributed by atoms with Gasteiger partial charge in [0, 0.05) is 18.0 Å². The van der Waals surface area contributed by atoms with Gasteiger partial charge in [0.1, 0.15) is 5.75 Å². The number of alkyl halides is 5. The van der Waals surface area contributed by atoms with Gasteiger partial charge in [-0.3, -0.25) is 0 Å². The lowest BCUT2D eigenvalue weighted by atomic mass is 10.0.